The molecule has 0 spiro atoms. The number of hydrogen-bond donors (Lipinski definition) is 1. The van der Waals surface area contributed by atoms with Crippen molar-refractivity contribution < 1.29 is 0 Å². The normalized spacial score (nSPS) is 30.1. The van der Waals surface area contributed by atoms with Crippen LogP contribution in [0.4, 0.5) is 0 Å². The van der Waals surface area contributed by atoms with Gasteiger partial charge in [-0.2, -0.15) is 0 Å². The Balaban J connectivity index is 2.20. The molecule has 2 rings (SSSR count). The quantitative estimate of drug-likeness (QED) is 0.579. The molecule has 1 heteroatoms. The highest BCUT2D eigenvalue weighted by Gasteiger charge is 2.32. The highest BCUT2D eigenvalue weighted by molar-refractivity contribution is 5.25. The number of benzene rings is 1. The van der Waals surface area contributed by atoms with Crippen molar-refractivity contribution in [2.45, 2.75) is 19.0 Å². The van der Waals surface area contributed by atoms with Crippen molar-refractivity contribution in [2.75, 3.05) is 0 Å². The fourth-order valence-electron chi connectivity index (χ4n) is 1.27. The molecular formula is C9H11N. The van der Waals surface area contributed by atoms with E-state index in [1.54, 1.807) is 0 Å². The molecule has 0 radical (unpaired) electrons. The molecule has 0 saturated carbocycles. The second-order valence-electron chi connectivity index (χ2n) is 2.84. The first-order valence-electron chi connectivity index (χ1n) is 3.69. The summed E-state index contributed by atoms with van der Waals surface area (Å²) in [6.45, 7) is 2.21. The highest BCUT2D eigenvalue weighted by atomic mass is 15.1. The fraction of sp³-hybridized carbons (Fsp3) is 0.333. The van der Waals surface area contributed by atoms with E-state index in [0.29, 0.717) is 12.1 Å². The molecule has 1 N–H and O–H groups in total. The SMILES string of the molecule is CC1NC1c1ccccc1. The summed E-state index contributed by atoms with van der Waals surface area (Å²) in [6.07, 6.45) is 0. The Bertz CT molecular complexity index is 217. The van der Waals surface area contributed by atoms with E-state index < -0.39 is 0 Å². The lowest BCUT2D eigenvalue weighted by molar-refractivity contribution is 1.04. The molecule has 1 heterocycles. The summed E-state index contributed by atoms with van der Waals surface area (Å²) in [5, 5.41) is 3.35. The van der Waals surface area contributed by atoms with Crippen LogP contribution < -0.4 is 5.32 Å². The van der Waals surface area contributed by atoms with E-state index in [1.165, 1.54) is 5.56 Å². The lowest BCUT2D eigenvalue weighted by Crippen LogP contribution is -1.81. The molecule has 2 atom stereocenters. The van der Waals surface area contributed by atoms with Crippen molar-refractivity contribution in [3.05, 3.63) is 35.9 Å². The summed E-state index contributed by atoms with van der Waals surface area (Å²) in [7, 11) is 0. The molecule has 1 saturated heterocycles. The summed E-state index contributed by atoms with van der Waals surface area (Å²) < 4.78 is 0. The molecule has 52 valence electrons. The van der Waals surface area contributed by atoms with Crippen molar-refractivity contribution in [3.63, 3.8) is 0 Å². The van der Waals surface area contributed by atoms with Crippen LogP contribution in [-0.4, -0.2) is 6.04 Å². The molecule has 0 aliphatic carbocycles. The van der Waals surface area contributed by atoms with Crippen molar-refractivity contribution in [3.8, 4) is 0 Å². The van der Waals surface area contributed by atoms with Crippen LogP contribution in [0.25, 0.3) is 0 Å². The van der Waals surface area contributed by atoms with Crippen molar-refractivity contribution in [1.29, 1.82) is 0 Å². The van der Waals surface area contributed by atoms with Crippen LogP contribution >= 0.6 is 0 Å². The zero-order valence-electron chi connectivity index (χ0n) is 6.04. The van der Waals surface area contributed by atoms with Gasteiger partial charge in [-0.3, -0.25) is 0 Å². The second-order valence-corrected chi connectivity index (χ2v) is 2.84. The summed E-state index contributed by atoms with van der Waals surface area (Å²) in [5.41, 5.74) is 1.41. The van der Waals surface area contributed by atoms with Gasteiger partial charge in [0, 0.05) is 12.1 Å². The van der Waals surface area contributed by atoms with Crippen molar-refractivity contribution in [2.24, 2.45) is 0 Å². The van der Waals surface area contributed by atoms with E-state index in [0.717, 1.165) is 0 Å². The van der Waals surface area contributed by atoms with Gasteiger partial charge in [0.2, 0.25) is 0 Å². The maximum Gasteiger partial charge on any atom is 0.0476 e. The molecule has 1 aliphatic rings. The van der Waals surface area contributed by atoms with E-state index in [9.17, 15) is 0 Å². The van der Waals surface area contributed by atoms with Crippen LogP contribution in [0.2, 0.25) is 0 Å². The second kappa shape index (κ2) is 2.10. The molecule has 10 heavy (non-hydrogen) atoms. The zero-order valence-corrected chi connectivity index (χ0v) is 6.04. The van der Waals surface area contributed by atoms with E-state index in [1.807, 2.05) is 0 Å². The Morgan fingerprint density at radius 3 is 2.30 bits per heavy atom. The van der Waals surface area contributed by atoms with E-state index in [2.05, 4.69) is 42.6 Å². The van der Waals surface area contributed by atoms with Crippen molar-refractivity contribution in [1.82, 2.24) is 5.32 Å². The largest absolute Gasteiger partial charge is 0.304 e. The predicted molar refractivity (Wildman–Crippen MR) is 41.8 cm³/mol. The van der Waals surface area contributed by atoms with Crippen LogP contribution in [0.15, 0.2) is 30.3 Å². The maximum absolute atomic E-state index is 3.35. The summed E-state index contributed by atoms with van der Waals surface area (Å²) >= 11 is 0. The monoisotopic (exact) mass is 133 g/mol. The van der Waals surface area contributed by atoms with Crippen LogP contribution in [0.1, 0.15) is 18.5 Å². The van der Waals surface area contributed by atoms with Gasteiger partial charge in [0.1, 0.15) is 0 Å². The van der Waals surface area contributed by atoms with Crippen LogP contribution in [-0.2, 0) is 0 Å². The average Bonchev–Trinajstić information content (AvgIpc) is 2.69. The van der Waals surface area contributed by atoms with Crippen LogP contribution in [0.5, 0.6) is 0 Å². The molecule has 0 aromatic heterocycles. The van der Waals surface area contributed by atoms with Gasteiger partial charge in [0.15, 0.2) is 0 Å². The molecule has 1 nitrogen and oxygen atoms in total. The standard InChI is InChI=1S/C9H11N/c1-7-9(10-7)8-5-3-2-4-6-8/h2-7,9-10H,1H3. The molecule has 2 unspecified atom stereocenters. The minimum Gasteiger partial charge on any atom is -0.304 e. The van der Waals surface area contributed by atoms with E-state index in [-0.39, 0.29) is 0 Å². The maximum atomic E-state index is 3.35. The molecule has 0 amide bonds. The van der Waals surface area contributed by atoms with Gasteiger partial charge in [-0.25, -0.2) is 0 Å². The molecule has 1 aromatic carbocycles. The Labute approximate surface area is 61.1 Å². The van der Waals surface area contributed by atoms with Crippen LogP contribution in [0.3, 0.4) is 0 Å². The molecule has 1 fully saturated rings. The van der Waals surface area contributed by atoms with Gasteiger partial charge in [0.25, 0.3) is 0 Å². The van der Waals surface area contributed by atoms with Gasteiger partial charge in [-0.15, -0.1) is 0 Å². The van der Waals surface area contributed by atoms with E-state index >= 15 is 0 Å². The molecule has 1 aromatic rings. The highest BCUT2D eigenvalue weighted by Crippen LogP contribution is 2.28. The summed E-state index contributed by atoms with van der Waals surface area (Å²) in [5.74, 6) is 0. The third-order valence-electron chi connectivity index (χ3n) is 1.99. The smallest absolute Gasteiger partial charge is 0.0476 e. The van der Waals surface area contributed by atoms with Crippen LogP contribution in [0, 0.1) is 0 Å². The summed E-state index contributed by atoms with van der Waals surface area (Å²) in [6, 6.07) is 11.9. The van der Waals surface area contributed by atoms with Gasteiger partial charge in [0.05, 0.1) is 0 Å². The molecular weight excluding hydrogens is 122 g/mol. The van der Waals surface area contributed by atoms with Gasteiger partial charge < -0.3 is 5.32 Å². The average molecular weight is 133 g/mol. The third-order valence-corrected chi connectivity index (χ3v) is 1.99. The lowest BCUT2D eigenvalue weighted by atomic mass is 10.1. The Morgan fingerprint density at radius 2 is 1.80 bits per heavy atom. The number of rotatable bonds is 1. The van der Waals surface area contributed by atoms with E-state index in [4.69, 9.17) is 0 Å². The zero-order chi connectivity index (χ0) is 6.97. The summed E-state index contributed by atoms with van der Waals surface area (Å²) in [4.78, 5) is 0. The molecule has 0 bridgehead atoms. The predicted octanol–water partition coefficient (Wildman–Crippen LogP) is 1.72. The van der Waals surface area contributed by atoms with Crippen molar-refractivity contribution >= 4 is 0 Å². The Hall–Kier alpha value is -0.820. The van der Waals surface area contributed by atoms with Gasteiger partial charge in [-0.1, -0.05) is 30.3 Å². The third kappa shape index (κ3) is 0.929. The first kappa shape index (κ1) is 5.93. The first-order valence-corrected chi connectivity index (χ1v) is 3.69. The topological polar surface area (TPSA) is 21.9 Å². The van der Waals surface area contributed by atoms with Gasteiger partial charge in [-0.05, 0) is 12.5 Å². The fourth-order valence-corrected chi connectivity index (χ4v) is 1.27. The Morgan fingerprint density at radius 1 is 1.20 bits per heavy atom. The minimum atomic E-state index is 0.626. The first-order chi connectivity index (χ1) is 4.88. The Kier molecular flexibility index (Phi) is 1.24. The minimum absolute atomic E-state index is 0.626. The number of nitrogens with one attached hydrogen (secondary N) is 1. The lowest BCUT2D eigenvalue weighted by Gasteiger charge is -1.92. The molecule has 1 aliphatic heterocycles. The number of hydrogen-bond acceptors (Lipinski definition) is 1. The van der Waals surface area contributed by atoms with Gasteiger partial charge >= 0.3 is 0 Å².